The molecule has 2 heterocycles. The molecular weight excluding hydrogens is 304 g/mol. The molecule has 1 aromatic carbocycles. The van der Waals surface area contributed by atoms with E-state index < -0.39 is 0 Å². The summed E-state index contributed by atoms with van der Waals surface area (Å²) in [7, 11) is 0. The standard InChI is InChI=1S/C19H26N2O3/c22-19(7-5-15-4-6-17-18(12-15)24-14-23-17)21-9-1-8-20(10-11-21)13-16-2-3-16/h4,6,12,16H,1-3,5,7-11,13-14H2. The van der Waals surface area contributed by atoms with E-state index in [1.165, 1.54) is 19.4 Å². The Morgan fingerprint density at radius 1 is 1.08 bits per heavy atom. The fourth-order valence-corrected chi connectivity index (χ4v) is 3.57. The first kappa shape index (κ1) is 15.8. The Labute approximate surface area is 143 Å². The maximum absolute atomic E-state index is 12.6. The Hall–Kier alpha value is -1.75. The molecule has 0 aromatic heterocycles. The van der Waals surface area contributed by atoms with Crippen molar-refractivity contribution in [3.63, 3.8) is 0 Å². The summed E-state index contributed by atoms with van der Waals surface area (Å²) in [5.74, 6) is 2.80. The van der Waals surface area contributed by atoms with Gasteiger partial charge < -0.3 is 19.3 Å². The van der Waals surface area contributed by atoms with Crippen molar-refractivity contribution in [1.29, 1.82) is 0 Å². The molecule has 1 aliphatic carbocycles. The Kier molecular flexibility index (Phi) is 4.60. The van der Waals surface area contributed by atoms with Crippen LogP contribution < -0.4 is 9.47 Å². The van der Waals surface area contributed by atoms with E-state index in [2.05, 4.69) is 9.80 Å². The van der Waals surface area contributed by atoms with E-state index in [9.17, 15) is 4.79 Å². The van der Waals surface area contributed by atoms with Gasteiger partial charge in [0.15, 0.2) is 11.5 Å². The highest BCUT2D eigenvalue weighted by Crippen LogP contribution is 2.33. The maximum atomic E-state index is 12.6. The summed E-state index contributed by atoms with van der Waals surface area (Å²) in [5.41, 5.74) is 1.14. The van der Waals surface area contributed by atoms with Gasteiger partial charge in [-0.25, -0.2) is 0 Å². The van der Waals surface area contributed by atoms with Crippen LogP contribution in [0.25, 0.3) is 0 Å². The third-order valence-corrected chi connectivity index (χ3v) is 5.22. The first-order chi connectivity index (χ1) is 11.8. The number of rotatable bonds is 5. The molecule has 0 radical (unpaired) electrons. The number of carbonyl (C=O) groups is 1. The normalized spacial score (nSPS) is 20.9. The predicted octanol–water partition coefficient (Wildman–Crippen LogP) is 2.29. The molecule has 1 saturated heterocycles. The van der Waals surface area contributed by atoms with Gasteiger partial charge in [-0.15, -0.1) is 0 Å². The third-order valence-electron chi connectivity index (χ3n) is 5.22. The van der Waals surface area contributed by atoms with Gasteiger partial charge in [-0.2, -0.15) is 0 Å². The van der Waals surface area contributed by atoms with Crippen molar-refractivity contribution in [3.05, 3.63) is 23.8 Å². The smallest absolute Gasteiger partial charge is 0.231 e. The van der Waals surface area contributed by atoms with Crippen LogP contribution in [-0.2, 0) is 11.2 Å². The fourth-order valence-electron chi connectivity index (χ4n) is 3.57. The molecule has 0 N–H and O–H groups in total. The summed E-state index contributed by atoms with van der Waals surface area (Å²) in [4.78, 5) is 17.2. The zero-order valence-corrected chi connectivity index (χ0v) is 14.2. The van der Waals surface area contributed by atoms with Gasteiger partial charge in [0, 0.05) is 32.6 Å². The fraction of sp³-hybridized carbons (Fsp3) is 0.632. The highest BCUT2D eigenvalue weighted by molar-refractivity contribution is 5.76. The Morgan fingerprint density at radius 3 is 2.83 bits per heavy atom. The SMILES string of the molecule is O=C(CCc1ccc2c(c1)OCO2)N1CCCN(CC2CC2)CC1. The van der Waals surface area contributed by atoms with Gasteiger partial charge in [0.25, 0.3) is 0 Å². The van der Waals surface area contributed by atoms with Gasteiger partial charge in [0.1, 0.15) is 0 Å². The second-order valence-electron chi connectivity index (χ2n) is 7.17. The molecule has 2 aliphatic heterocycles. The van der Waals surface area contributed by atoms with Crippen molar-refractivity contribution < 1.29 is 14.3 Å². The van der Waals surface area contributed by atoms with Crippen LogP contribution in [0.2, 0.25) is 0 Å². The minimum Gasteiger partial charge on any atom is -0.454 e. The molecule has 24 heavy (non-hydrogen) atoms. The average Bonchev–Trinajstić information content (AvgIpc) is 3.34. The summed E-state index contributed by atoms with van der Waals surface area (Å²) in [6.07, 6.45) is 5.23. The second kappa shape index (κ2) is 7.01. The van der Waals surface area contributed by atoms with Crippen molar-refractivity contribution >= 4 is 5.91 Å². The van der Waals surface area contributed by atoms with Crippen LogP contribution in [0.15, 0.2) is 18.2 Å². The molecular formula is C19H26N2O3. The largest absolute Gasteiger partial charge is 0.454 e. The molecule has 0 atom stereocenters. The van der Waals surface area contributed by atoms with Crippen LogP contribution in [0.4, 0.5) is 0 Å². The second-order valence-corrected chi connectivity index (χ2v) is 7.17. The van der Waals surface area contributed by atoms with Crippen LogP contribution in [0.3, 0.4) is 0 Å². The number of carbonyl (C=O) groups excluding carboxylic acids is 1. The highest BCUT2D eigenvalue weighted by Gasteiger charge is 2.26. The van der Waals surface area contributed by atoms with Crippen molar-refractivity contribution in [2.45, 2.75) is 32.1 Å². The van der Waals surface area contributed by atoms with E-state index in [0.29, 0.717) is 13.2 Å². The van der Waals surface area contributed by atoms with E-state index >= 15 is 0 Å². The summed E-state index contributed by atoms with van der Waals surface area (Å²) >= 11 is 0. The lowest BCUT2D eigenvalue weighted by Gasteiger charge is -2.22. The van der Waals surface area contributed by atoms with Gasteiger partial charge in [-0.1, -0.05) is 6.07 Å². The molecule has 0 spiro atoms. The van der Waals surface area contributed by atoms with E-state index in [1.54, 1.807) is 0 Å². The number of nitrogens with zero attached hydrogens (tertiary/aromatic N) is 2. The molecule has 0 bridgehead atoms. The third kappa shape index (κ3) is 3.83. The lowest BCUT2D eigenvalue weighted by Crippen LogP contribution is -2.35. The number of fused-ring (bicyclic) bond motifs is 1. The van der Waals surface area contributed by atoms with Gasteiger partial charge in [-0.05, 0) is 55.8 Å². The highest BCUT2D eigenvalue weighted by atomic mass is 16.7. The molecule has 1 amide bonds. The monoisotopic (exact) mass is 330 g/mol. The maximum Gasteiger partial charge on any atom is 0.231 e. The molecule has 3 aliphatic rings. The lowest BCUT2D eigenvalue weighted by molar-refractivity contribution is -0.131. The van der Waals surface area contributed by atoms with Crippen LogP contribution in [-0.4, -0.2) is 55.2 Å². The van der Waals surface area contributed by atoms with Crippen LogP contribution >= 0.6 is 0 Å². The number of benzene rings is 1. The van der Waals surface area contributed by atoms with Crippen molar-refractivity contribution in [2.75, 3.05) is 39.5 Å². The van der Waals surface area contributed by atoms with E-state index in [-0.39, 0.29) is 5.91 Å². The van der Waals surface area contributed by atoms with Crippen LogP contribution in [0.1, 0.15) is 31.2 Å². The predicted molar refractivity (Wildman–Crippen MR) is 91.2 cm³/mol. The Morgan fingerprint density at radius 2 is 1.96 bits per heavy atom. The zero-order chi connectivity index (χ0) is 16.4. The van der Waals surface area contributed by atoms with Crippen LogP contribution in [0, 0.1) is 5.92 Å². The van der Waals surface area contributed by atoms with Crippen molar-refractivity contribution in [3.8, 4) is 11.5 Å². The van der Waals surface area contributed by atoms with E-state index in [1.807, 2.05) is 18.2 Å². The molecule has 2 fully saturated rings. The molecule has 5 heteroatoms. The van der Waals surface area contributed by atoms with Gasteiger partial charge in [0.05, 0.1) is 0 Å². The summed E-state index contributed by atoms with van der Waals surface area (Å²) in [6.45, 7) is 5.49. The molecule has 1 saturated carbocycles. The molecule has 5 nitrogen and oxygen atoms in total. The molecule has 130 valence electrons. The summed E-state index contributed by atoms with van der Waals surface area (Å²) in [6, 6.07) is 5.96. The molecule has 1 aromatic rings. The van der Waals surface area contributed by atoms with Crippen molar-refractivity contribution in [2.24, 2.45) is 5.92 Å². The Bertz CT molecular complexity index is 600. The number of hydrogen-bond donors (Lipinski definition) is 0. The first-order valence-corrected chi connectivity index (χ1v) is 9.16. The molecule has 0 unspecified atom stereocenters. The number of ether oxygens (including phenoxy) is 2. The number of aryl methyl sites for hydroxylation is 1. The zero-order valence-electron chi connectivity index (χ0n) is 14.2. The van der Waals surface area contributed by atoms with E-state index in [4.69, 9.17) is 9.47 Å². The topological polar surface area (TPSA) is 42.0 Å². The van der Waals surface area contributed by atoms with Gasteiger partial charge >= 0.3 is 0 Å². The average molecular weight is 330 g/mol. The first-order valence-electron chi connectivity index (χ1n) is 9.16. The van der Waals surface area contributed by atoms with E-state index in [0.717, 1.165) is 62.0 Å². The lowest BCUT2D eigenvalue weighted by atomic mass is 10.1. The molecule has 4 rings (SSSR count). The van der Waals surface area contributed by atoms with Gasteiger partial charge in [0.2, 0.25) is 12.7 Å². The minimum atomic E-state index is 0.279. The minimum absolute atomic E-state index is 0.279. The van der Waals surface area contributed by atoms with Gasteiger partial charge in [-0.3, -0.25) is 4.79 Å². The Balaban J connectivity index is 1.26. The quantitative estimate of drug-likeness (QED) is 0.831. The summed E-state index contributed by atoms with van der Waals surface area (Å²) < 4.78 is 10.7. The summed E-state index contributed by atoms with van der Waals surface area (Å²) in [5, 5.41) is 0. The van der Waals surface area contributed by atoms with Crippen molar-refractivity contribution in [1.82, 2.24) is 9.80 Å². The number of hydrogen-bond acceptors (Lipinski definition) is 4. The van der Waals surface area contributed by atoms with Crippen LogP contribution in [0.5, 0.6) is 11.5 Å². The number of amides is 1.